The van der Waals surface area contributed by atoms with Gasteiger partial charge >= 0.3 is 6.09 Å². The molecule has 1 aromatic carbocycles. The average Bonchev–Trinajstić information content (AvgIpc) is 3.47. The minimum Gasteiger partial charge on any atom is -0.443 e. The molecule has 2 aliphatic rings. The summed E-state index contributed by atoms with van der Waals surface area (Å²) in [7, 11) is -1.35. The molecule has 2 unspecified atom stereocenters. The van der Waals surface area contributed by atoms with Gasteiger partial charge in [-0.15, -0.1) is 0 Å². The molecule has 3 atom stereocenters. The zero-order valence-corrected chi connectivity index (χ0v) is 21.9. The molecular formula is C23H33F3N2O3SSi. The minimum atomic E-state index is -1.59. The van der Waals surface area contributed by atoms with Crippen LogP contribution in [0.4, 0.5) is 18.0 Å². The Bertz CT molecular complexity index is 919. The molecule has 1 aliphatic heterocycles. The highest BCUT2D eigenvalue weighted by atomic mass is 32.2. The minimum absolute atomic E-state index is 0.0529. The summed E-state index contributed by atoms with van der Waals surface area (Å²) in [6.45, 7) is 11.2. The molecule has 184 valence electrons. The standard InChI is InChI=1S/C23H33F3N2O3SSi/c1-22(2,3)31-21(29)28(14-30-10-11-33(4,5)6)20-27-23(13-24,16-12-18(16)32-20)15-8-7-9-17(25)19(15)26/h7-9,16,18H,10-14H2,1-6H3/t16?,18?,23-/m1/s1. The molecule has 3 rings (SSSR count). The molecule has 1 aliphatic carbocycles. The predicted molar refractivity (Wildman–Crippen MR) is 128 cm³/mol. The fraction of sp³-hybridized carbons (Fsp3) is 0.652. The van der Waals surface area contributed by atoms with Gasteiger partial charge in [0.15, 0.2) is 16.8 Å². The van der Waals surface area contributed by atoms with Crippen LogP contribution < -0.4 is 0 Å². The van der Waals surface area contributed by atoms with Crippen molar-refractivity contribution >= 4 is 31.1 Å². The number of amidine groups is 1. The van der Waals surface area contributed by atoms with Crippen LogP contribution in [0.15, 0.2) is 23.2 Å². The number of hydrogen-bond acceptors (Lipinski definition) is 5. The lowest BCUT2D eigenvalue weighted by atomic mass is 9.86. The monoisotopic (exact) mass is 502 g/mol. The Hall–Kier alpha value is -1.52. The van der Waals surface area contributed by atoms with Crippen LogP contribution in [0.2, 0.25) is 25.7 Å². The summed E-state index contributed by atoms with van der Waals surface area (Å²) >= 11 is 1.33. The molecule has 0 radical (unpaired) electrons. The Morgan fingerprint density at radius 2 is 2.00 bits per heavy atom. The van der Waals surface area contributed by atoms with Crippen molar-refractivity contribution in [3.8, 4) is 0 Å². The zero-order valence-electron chi connectivity index (χ0n) is 20.1. The van der Waals surface area contributed by atoms with Crippen LogP contribution in [-0.4, -0.2) is 55.1 Å². The van der Waals surface area contributed by atoms with Gasteiger partial charge in [0.2, 0.25) is 0 Å². The second kappa shape index (κ2) is 9.62. The maximum atomic E-state index is 14.7. The highest BCUT2D eigenvalue weighted by Gasteiger charge is 2.59. The first kappa shape index (κ1) is 26.1. The summed E-state index contributed by atoms with van der Waals surface area (Å²) in [5.41, 5.74) is -2.48. The van der Waals surface area contributed by atoms with Gasteiger partial charge < -0.3 is 9.47 Å². The van der Waals surface area contributed by atoms with E-state index < -0.39 is 43.6 Å². The van der Waals surface area contributed by atoms with Crippen molar-refractivity contribution < 1.29 is 27.4 Å². The number of hydrogen-bond donors (Lipinski definition) is 0. The summed E-state index contributed by atoms with van der Waals surface area (Å²) < 4.78 is 54.7. The first-order valence-corrected chi connectivity index (χ1v) is 15.7. The van der Waals surface area contributed by atoms with E-state index in [-0.39, 0.29) is 28.6 Å². The molecule has 5 nitrogen and oxygen atoms in total. The number of carbonyl (C=O) groups is 1. The van der Waals surface area contributed by atoms with Crippen molar-refractivity contribution in [2.75, 3.05) is 20.0 Å². The van der Waals surface area contributed by atoms with Crippen LogP contribution in [0.3, 0.4) is 0 Å². The van der Waals surface area contributed by atoms with E-state index in [1.54, 1.807) is 20.8 Å². The summed E-state index contributed by atoms with van der Waals surface area (Å²) in [6.07, 6.45) is -0.0794. The van der Waals surface area contributed by atoms with E-state index in [9.17, 15) is 18.0 Å². The van der Waals surface area contributed by atoms with Gasteiger partial charge in [-0.25, -0.2) is 27.9 Å². The third-order valence-electron chi connectivity index (χ3n) is 5.58. The Morgan fingerprint density at radius 1 is 1.30 bits per heavy atom. The van der Waals surface area contributed by atoms with E-state index >= 15 is 0 Å². The summed E-state index contributed by atoms with van der Waals surface area (Å²) in [6, 6.07) is 4.62. The molecule has 1 saturated carbocycles. The number of aliphatic imine (C=N–C) groups is 1. The second-order valence-corrected chi connectivity index (χ2v) is 17.6. The number of nitrogens with zero attached hydrogens (tertiary/aromatic N) is 2. The summed E-state index contributed by atoms with van der Waals surface area (Å²) in [5.74, 6) is -2.43. The topological polar surface area (TPSA) is 51.1 Å². The van der Waals surface area contributed by atoms with Gasteiger partial charge in [0.1, 0.15) is 24.5 Å². The van der Waals surface area contributed by atoms with Gasteiger partial charge in [-0.05, 0) is 39.3 Å². The zero-order chi connectivity index (χ0) is 24.6. The fourth-order valence-corrected chi connectivity index (χ4v) is 5.87. The maximum Gasteiger partial charge on any atom is 0.418 e. The number of halogens is 3. The van der Waals surface area contributed by atoms with E-state index in [0.29, 0.717) is 13.0 Å². The molecule has 0 bridgehead atoms. The third-order valence-corrected chi connectivity index (χ3v) is 8.63. The molecule has 0 aromatic heterocycles. The van der Waals surface area contributed by atoms with Gasteiger partial charge in [-0.3, -0.25) is 0 Å². The number of rotatable bonds is 7. The Labute approximate surface area is 199 Å². The number of fused-ring (bicyclic) bond motifs is 1. The first-order valence-electron chi connectivity index (χ1n) is 11.1. The van der Waals surface area contributed by atoms with Gasteiger partial charge in [0, 0.05) is 31.4 Å². The van der Waals surface area contributed by atoms with Crippen LogP contribution in [0.5, 0.6) is 0 Å². The number of amides is 1. The molecule has 10 heteroatoms. The number of thioether (sulfide) groups is 1. The lowest BCUT2D eigenvalue weighted by molar-refractivity contribution is 0.0109. The molecule has 0 spiro atoms. The van der Waals surface area contributed by atoms with E-state index in [1.165, 1.54) is 28.8 Å². The lowest BCUT2D eigenvalue weighted by Gasteiger charge is -2.35. The molecule has 1 amide bonds. The summed E-state index contributed by atoms with van der Waals surface area (Å²) in [5, 5.41) is 0.153. The van der Waals surface area contributed by atoms with Crippen molar-refractivity contribution in [1.82, 2.24) is 4.90 Å². The molecule has 33 heavy (non-hydrogen) atoms. The Kier molecular flexibility index (Phi) is 7.60. The fourth-order valence-electron chi connectivity index (χ4n) is 3.68. The van der Waals surface area contributed by atoms with E-state index in [1.807, 2.05) is 0 Å². The highest BCUT2D eigenvalue weighted by Crippen LogP contribution is 2.59. The van der Waals surface area contributed by atoms with Crippen LogP contribution in [0, 0.1) is 17.6 Å². The molecule has 1 fully saturated rings. The third kappa shape index (κ3) is 6.13. The highest BCUT2D eigenvalue weighted by molar-refractivity contribution is 8.14. The van der Waals surface area contributed by atoms with Crippen LogP contribution in [-0.2, 0) is 15.0 Å². The van der Waals surface area contributed by atoms with Gasteiger partial charge in [-0.1, -0.05) is 43.5 Å². The maximum absolute atomic E-state index is 14.7. The van der Waals surface area contributed by atoms with E-state index in [4.69, 9.17) is 9.47 Å². The van der Waals surface area contributed by atoms with Crippen molar-refractivity contribution in [2.45, 2.75) is 69.3 Å². The number of alkyl halides is 1. The number of ether oxygens (including phenoxy) is 2. The van der Waals surface area contributed by atoms with Gasteiger partial charge in [0.05, 0.1) is 0 Å². The first-order chi connectivity index (χ1) is 15.3. The number of benzene rings is 1. The Morgan fingerprint density at radius 3 is 2.61 bits per heavy atom. The normalized spacial score (nSPS) is 24.7. The summed E-state index contributed by atoms with van der Waals surface area (Å²) in [4.78, 5) is 18.8. The quantitative estimate of drug-likeness (QED) is 0.254. The van der Waals surface area contributed by atoms with Crippen LogP contribution in [0.1, 0.15) is 32.8 Å². The molecular weight excluding hydrogens is 469 g/mol. The smallest absolute Gasteiger partial charge is 0.418 e. The van der Waals surface area contributed by atoms with Crippen molar-refractivity contribution in [3.63, 3.8) is 0 Å². The largest absolute Gasteiger partial charge is 0.443 e. The number of carbonyl (C=O) groups excluding carboxylic acids is 1. The van der Waals surface area contributed by atoms with E-state index in [0.717, 1.165) is 12.1 Å². The van der Waals surface area contributed by atoms with Gasteiger partial charge in [0.25, 0.3) is 0 Å². The SMILES string of the molecule is CC(C)(C)OC(=O)N(COCC[Si](C)(C)C)C1=N[C@](CF)(c2cccc(F)c2F)C2CC2S1. The molecule has 1 aromatic rings. The predicted octanol–water partition coefficient (Wildman–Crippen LogP) is 6.17. The van der Waals surface area contributed by atoms with Crippen molar-refractivity contribution in [2.24, 2.45) is 10.9 Å². The van der Waals surface area contributed by atoms with Crippen LogP contribution in [0.25, 0.3) is 0 Å². The van der Waals surface area contributed by atoms with Crippen molar-refractivity contribution in [1.29, 1.82) is 0 Å². The Balaban J connectivity index is 1.95. The van der Waals surface area contributed by atoms with Crippen molar-refractivity contribution in [3.05, 3.63) is 35.4 Å². The molecule has 0 N–H and O–H groups in total. The average molecular weight is 503 g/mol. The molecule has 0 saturated heterocycles. The molecule has 1 heterocycles. The lowest BCUT2D eigenvalue weighted by Crippen LogP contribution is -2.45. The van der Waals surface area contributed by atoms with Gasteiger partial charge in [-0.2, -0.15) is 0 Å². The second-order valence-electron chi connectivity index (χ2n) is 10.8. The van der Waals surface area contributed by atoms with Crippen LogP contribution >= 0.6 is 11.8 Å². The van der Waals surface area contributed by atoms with E-state index in [2.05, 4.69) is 24.6 Å².